The molecule has 74 valence electrons. The standard InChI is InChI=1S/C12H9NO2/c13-8-10-3-1-9(2-4-10)7-11-5-6-15-12(11)14/h1-4,7H,5-6H2. The Labute approximate surface area is 87.6 Å². The fraction of sp³-hybridized carbons (Fsp3) is 0.167. The van der Waals surface area contributed by atoms with Crippen molar-refractivity contribution < 1.29 is 9.53 Å². The van der Waals surface area contributed by atoms with Crippen LogP contribution in [0.5, 0.6) is 0 Å². The molecule has 1 aliphatic rings. The molecule has 1 heterocycles. The fourth-order valence-corrected chi connectivity index (χ4v) is 1.43. The van der Waals surface area contributed by atoms with Crippen LogP contribution in [0.25, 0.3) is 6.08 Å². The summed E-state index contributed by atoms with van der Waals surface area (Å²) in [6.45, 7) is 0.473. The van der Waals surface area contributed by atoms with Crippen LogP contribution >= 0.6 is 0 Å². The summed E-state index contributed by atoms with van der Waals surface area (Å²) >= 11 is 0. The molecule has 0 N–H and O–H groups in total. The van der Waals surface area contributed by atoms with Crippen molar-refractivity contribution in [3.05, 3.63) is 41.0 Å². The molecular weight excluding hydrogens is 190 g/mol. The van der Waals surface area contributed by atoms with E-state index in [9.17, 15) is 4.79 Å². The first kappa shape index (κ1) is 9.47. The van der Waals surface area contributed by atoms with Crippen molar-refractivity contribution in [2.24, 2.45) is 0 Å². The van der Waals surface area contributed by atoms with Crippen LogP contribution in [-0.4, -0.2) is 12.6 Å². The van der Waals surface area contributed by atoms with Crippen molar-refractivity contribution in [1.82, 2.24) is 0 Å². The highest BCUT2D eigenvalue weighted by molar-refractivity contribution is 5.95. The summed E-state index contributed by atoms with van der Waals surface area (Å²) in [4.78, 5) is 11.2. The molecule has 1 saturated heterocycles. The molecule has 0 unspecified atom stereocenters. The average Bonchev–Trinajstić information content (AvgIpc) is 2.66. The van der Waals surface area contributed by atoms with Crippen LogP contribution in [0.2, 0.25) is 0 Å². The van der Waals surface area contributed by atoms with Gasteiger partial charge in [0.25, 0.3) is 0 Å². The Morgan fingerprint density at radius 1 is 1.33 bits per heavy atom. The van der Waals surface area contributed by atoms with E-state index in [0.29, 0.717) is 24.2 Å². The largest absolute Gasteiger partial charge is 0.462 e. The van der Waals surface area contributed by atoms with E-state index < -0.39 is 0 Å². The number of hydrogen-bond acceptors (Lipinski definition) is 3. The highest BCUT2D eigenvalue weighted by Crippen LogP contribution is 2.17. The van der Waals surface area contributed by atoms with E-state index in [0.717, 1.165) is 5.56 Å². The Balaban J connectivity index is 2.24. The molecule has 1 fully saturated rings. The lowest BCUT2D eigenvalue weighted by molar-refractivity contribution is -0.134. The third kappa shape index (κ3) is 2.05. The predicted molar refractivity (Wildman–Crippen MR) is 54.7 cm³/mol. The van der Waals surface area contributed by atoms with E-state index in [4.69, 9.17) is 10.00 Å². The topological polar surface area (TPSA) is 50.1 Å². The highest BCUT2D eigenvalue weighted by atomic mass is 16.5. The second-order valence-electron chi connectivity index (χ2n) is 3.29. The first-order valence-electron chi connectivity index (χ1n) is 4.67. The number of nitriles is 1. The molecule has 0 saturated carbocycles. The maximum Gasteiger partial charge on any atom is 0.334 e. The molecule has 0 aromatic heterocycles. The lowest BCUT2D eigenvalue weighted by Crippen LogP contribution is -1.94. The summed E-state index contributed by atoms with van der Waals surface area (Å²) in [5.74, 6) is -0.237. The SMILES string of the molecule is N#Cc1ccc(C=C2CCOC2=O)cc1. The van der Waals surface area contributed by atoms with Crippen molar-refractivity contribution in [2.45, 2.75) is 6.42 Å². The van der Waals surface area contributed by atoms with Crippen LogP contribution in [0.15, 0.2) is 29.8 Å². The summed E-state index contributed by atoms with van der Waals surface area (Å²) in [6, 6.07) is 9.14. The number of esters is 1. The van der Waals surface area contributed by atoms with Crippen LogP contribution in [0.1, 0.15) is 17.5 Å². The normalized spacial score (nSPS) is 17.5. The minimum atomic E-state index is -0.237. The summed E-state index contributed by atoms with van der Waals surface area (Å²) in [6.07, 6.45) is 2.47. The minimum Gasteiger partial charge on any atom is -0.462 e. The maximum atomic E-state index is 11.2. The molecule has 0 radical (unpaired) electrons. The zero-order valence-electron chi connectivity index (χ0n) is 8.06. The Kier molecular flexibility index (Phi) is 2.51. The quantitative estimate of drug-likeness (QED) is 0.512. The molecule has 0 atom stereocenters. The average molecular weight is 199 g/mol. The summed E-state index contributed by atoms with van der Waals surface area (Å²) in [7, 11) is 0. The molecule has 0 bridgehead atoms. The van der Waals surface area contributed by atoms with Gasteiger partial charge in [-0.2, -0.15) is 5.26 Å². The number of cyclic esters (lactones) is 1. The van der Waals surface area contributed by atoms with Gasteiger partial charge in [0.2, 0.25) is 0 Å². The van der Waals surface area contributed by atoms with Crippen LogP contribution in [0.3, 0.4) is 0 Å². The lowest BCUT2D eigenvalue weighted by Gasteiger charge is -1.95. The van der Waals surface area contributed by atoms with Crippen LogP contribution in [-0.2, 0) is 9.53 Å². The molecule has 15 heavy (non-hydrogen) atoms. The maximum absolute atomic E-state index is 11.2. The molecule has 0 spiro atoms. The second kappa shape index (κ2) is 3.97. The number of carbonyl (C=O) groups excluding carboxylic acids is 1. The fourth-order valence-electron chi connectivity index (χ4n) is 1.43. The number of rotatable bonds is 1. The van der Waals surface area contributed by atoms with E-state index in [-0.39, 0.29) is 5.97 Å². The van der Waals surface area contributed by atoms with Gasteiger partial charge in [0, 0.05) is 12.0 Å². The van der Waals surface area contributed by atoms with Crippen LogP contribution in [0, 0.1) is 11.3 Å². The Bertz CT molecular complexity index is 452. The number of ether oxygens (including phenoxy) is 1. The smallest absolute Gasteiger partial charge is 0.334 e. The molecule has 1 aliphatic heterocycles. The van der Waals surface area contributed by atoms with Crippen LogP contribution < -0.4 is 0 Å². The van der Waals surface area contributed by atoms with E-state index in [2.05, 4.69) is 0 Å². The van der Waals surface area contributed by atoms with Gasteiger partial charge in [0.15, 0.2) is 0 Å². The van der Waals surface area contributed by atoms with Gasteiger partial charge in [-0.1, -0.05) is 12.1 Å². The molecule has 3 nitrogen and oxygen atoms in total. The Hall–Kier alpha value is -2.08. The van der Waals surface area contributed by atoms with Gasteiger partial charge >= 0.3 is 5.97 Å². The van der Waals surface area contributed by atoms with Gasteiger partial charge in [0.1, 0.15) is 0 Å². The summed E-state index contributed by atoms with van der Waals surface area (Å²) < 4.78 is 4.82. The van der Waals surface area contributed by atoms with E-state index in [1.807, 2.05) is 18.2 Å². The van der Waals surface area contributed by atoms with Crippen molar-refractivity contribution >= 4 is 12.0 Å². The lowest BCUT2D eigenvalue weighted by atomic mass is 10.1. The molecule has 0 amide bonds. The molecular formula is C12H9NO2. The van der Waals surface area contributed by atoms with E-state index >= 15 is 0 Å². The van der Waals surface area contributed by atoms with Crippen molar-refractivity contribution in [3.8, 4) is 6.07 Å². The van der Waals surface area contributed by atoms with Gasteiger partial charge in [-0.05, 0) is 23.8 Å². The van der Waals surface area contributed by atoms with Crippen molar-refractivity contribution in [2.75, 3.05) is 6.61 Å². The van der Waals surface area contributed by atoms with E-state index in [1.165, 1.54) is 0 Å². The van der Waals surface area contributed by atoms with Crippen LogP contribution in [0.4, 0.5) is 0 Å². The molecule has 0 aliphatic carbocycles. The monoisotopic (exact) mass is 199 g/mol. The number of nitrogens with zero attached hydrogens (tertiary/aromatic N) is 1. The third-order valence-corrected chi connectivity index (χ3v) is 2.25. The van der Waals surface area contributed by atoms with Gasteiger partial charge in [-0.25, -0.2) is 4.79 Å². The highest BCUT2D eigenvalue weighted by Gasteiger charge is 2.17. The van der Waals surface area contributed by atoms with Gasteiger partial charge in [-0.3, -0.25) is 0 Å². The van der Waals surface area contributed by atoms with Crippen molar-refractivity contribution in [1.29, 1.82) is 5.26 Å². The second-order valence-corrected chi connectivity index (χ2v) is 3.29. The number of carbonyl (C=O) groups is 1. The molecule has 1 aromatic carbocycles. The first-order chi connectivity index (χ1) is 7.29. The van der Waals surface area contributed by atoms with E-state index in [1.54, 1.807) is 18.2 Å². The first-order valence-corrected chi connectivity index (χ1v) is 4.67. The third-order valence-electron chi connectivity index (χ3n) is 2.25. The zero-order chi connectivity index (χ0) is 10.7. The molecule has 1 aromatic rings. The van der Waals surface area contributed by atoms with Gasteiger partial charge in [0.05, 0.1) is 18.2 Å². The zero-order valence-corrected chi connectivity index (χ0v) is 8.06. The number of hydrogen-bond donors (Lipinski definition) is 0. The summed E-state index contributed by atoms with van der Waals surface area (Å²) in [5, 5.41) is 8.62. The Morgan fingerprint density at radius 2 is 2.07 bits per heavy atom. The summed E-state index contributed by atoms with van der Waals surface area (Å²) in [5.41, 5.74) is 2.23. The number of benzene rings is 1. The van der Waals surface area contributed by atoms with Gasteiger partial charge in [-0.15, -0.1) is 0 Å². The van der Waals surface area contributed by atoms with Crippen molar-refractivity contribution in [3.63, 3.8) is 0 Å². The molecule has 2 rings (SSSR count). The minimum absolute atomic E-state index is 0.237. The molecule has 3 heteroatoms. The van der Waals surface area contributed by atoms with Gasteiger partial charge < -0.3 is 4.74 Å². The Morgan fingerprint density at radius 3 is 2.60 bits per heavy atom. The predicted octanol–water partition coefficient (Wildman–Crippen LogP) is 1.89.